The van der Waals surface area contributed by atoms with Crippen molar-refractivity contribution >= 4 is 11.9 Å². The van der Waals surface area contributed by atoms with Gasteiger partial charge < -0.3 is 9.57 Å². The Bertz CT molecular complexity index is 276. The van der Waals surface area contributed by atoms with E-state index in [1.807, 2.05) is 0 Å². The van der Waals surface area contributed by atoms with E-state index in [-0.39, 0.29) is 0 Å². The zero-order chi connectivity index (χ0) is 11.7. The summed E-state index contributed by atoms with van der Waals surface area (Å²) < 4.78 is 5.17. The first-order valence-electron chi connectivity index (χ1n) is 4.96. The largest absolute Gasteiger partial charge is 0.459 e. The third kappa shape index (κ3) is 2.28. The van der Waals surface area contributed by atoms with Crippen LogP contribution in [0.5, 0.6) is 0 Å². The van der Waals surface area contributed by atoms with Crippen molar-refractivity contribution in [2.75, 3.05) is 0 Å². The number of esters is 1. The monoisotopic (exact) mass is 215 g/mol. The smallest absolute Gasteiger partial charge is 0.341 e. The van der Waals surface area contributed by atoms with Crippen LogP contribution in [0.4, 0.5) is 0 Å². The van der Waals surface area contributed by atoms with Crippen LogP contribution in [0, 0.1) is 5.41 Å². The van der Waals surface area contributed by atoms with Gasteiger partial charge in [-0.05, 0) is 40.0 Å². The molecule has 0 atom stereocenters. The van der Waals surface area contributed by atoms with Crippen molar-refractivity contribution in [1.29, 1.82) is 0 Å². The second-order valence-corrected chi connectivity index (χ2v) is 4.84. The molecule has 86 valence electrons. The predicted molar refractivity (Wildman–Crippen MR) is 52.4 cm³/mol. The number of nitrogens with two attached hydrogens (primary N) is 1. The van der Waals surface area contributed by atoms with E-state index in [9.17, 15) is 9.59 Å². The Balaban J connectivity index is 2.75. The third-order valence-corrected chi connectivity index (χ3v) is 2.49. The Morgan fingerprint density at radius 3 is 2.00 bits per heavy atom. The topological polar surface area (TPSA) is 78.6 Å². The Hall–Kier alpha value is -1.10. The van der Waals surface area contributed by atoms with E-state index in [4.69, 9.17) is 10.6 Å². The van der Waals surface area contributed by atoms with Crippen LogP contribution in [-0.2, 0) is 19.2 Å². The molecule has 0 aromatic rings. The number of hydrogen-bond acceptors (Lipinski definition) is 5. The van der Waals surface area contributed by atoms with Crippen molar-refractivity contribution in [2.24, 2.45) is 11.3 Å². The molecule has 0 unspecified atom stereocenters. The quantitative estimate of drug-likeness (QED) is 0.421. The van der Waals surface area contributed by atoms with E-state index < -0.39 is 23.0 Å². The van der Waals surface area contributed by atoms with Gasteiger partial charge in [0.2, 0.25) is 0 Å². The standard InChI is InChI=1S/C10H17NO4/c1-9(2,3)14-7(12)10(5-4-6-10)8(13)15-11/h4-6,11H2,1-3H3. The Morgan fingerprint density at radius 1 is 1.20 bits per heavy atom. The SMILES string of the molecule is CC(C)(C)OC(=O)C1(C(=O)ON)CCC1. The summed E-state index contributed by atoms with van der Waals surface area (Å²) in [4.78, 5) is 27.3. The maximum absolute atomic E-state index is 11.8. The van der Waals surface area contributed by atoms with Crippen LogP contribution in [0.3, 0.4) is 0 Å². The summed E-state index contributed by atoms with van der Waals surface area (Å²) in [7, 11) is 0. The van der Waals surface area contributed by atoms with Crippen molar-refractivity contribution in [2.45, 2.75) is 45.6 Å². The predicted octanol–water partition coefficient (Wildman–Crippen LogP) is 0.915. The van der Waals surface area contributed by atoms with Gasteiger partial charge in [0.05, 0.1) is 0 Å². The first-order chi connectivity index (χ1) is 6.82. The minimum Gasteiger partial charge on any atom is -0.459 e. The molecule has 15 heavy (non-hydrogen) atoms. The summed E-state index contributed by atoms with van der Waals surface area (Å²) in [6, 6.07) is 0. The maximum Gasteiger partial charge on any atom is 0.341 e. The third-order valence-electron chi connectivity index (χ3n) is 2.49. The van der Waals surface area contributed by atoms with Gasteiger partial charge in [0, 0.05) is 0 Å². The lowest BCUT2D eigenvalue weighted by Crippen LogP contribution is -2.49. The van der Waals surface area contributed by atoms with Gasteiger partial charge >= 0.3 is 11.9 Å². The van der Waals surface area contributed by atoms with Crippen molar-refractivity contribution < 1.29 is 19.2 Å². The zero-order valence-electron chi connectivity index (χ0n) is 9.33. The number of ether oxygens (including phenoxy) is 1. The average Bonchev–Trinajstić information content (AvgIpc) is 1.98. The van der Waals surface area contributed by atoms with Gasteiger partial charge in [0.25, 0.3) is 0 Å². The molecule has 1 rings (SSSR count). The number of rotatable bonds is 2. The molecular weight excluding hydrogens is 198 g/mol. The van der Waals surface area contributed by atoms with Gasteiger partial charge in [0.15, 0.2) is 5.41 Å². The molecule has 1 aliphatic rings. The maximum atomic E-state index is 11.8. The van der Waals surface area contributed by atoms with Crippen molar-refractivity contribution in [3.63, 3.8) is 0 Å². The van der Waals surface area contributed by atoms with Crippen LogP contribution in [-0.4, -0.2) is 17.5 Å². The highest BCUT2D eigenvalue weighted by molar-refractivity contribution is 6.01. The van der Waals surface area contributed by atoms with Gasteiger partial charge in [-0.25, -0.2) is 4.79 Å². The van der Waals surface area contributed by atoms with Crippen molar-refractivity contribution in [1.82, 2.24) is 0 Å². The molecule has 1 fully saturated rings. The molecule has 0 heterocycles. The van der Waals surface area contributed by atoms with Gasteiger partial charge in [-0.2, -0.15) is 5.90 Å². The summed E-state index contributed by atoms with van der Waals surface area (Å²) >= 11 is 0. The first kappa shape index (κ1) is 12.0. The van der Waals surface area contributed by atoms with Crippen LogP contribution in [0.1, 0.15) is 40.0 Å². The Morgan fingerprint density at radius 2 is 1.73 bits per heavy atom. The van der Waals surface area contributed by atoms with Gasteiger partial charge in [-0.3, -0.25) is 4.79 Å². The molecule has 2 N–H and O–H groups in total. The van der Waals surface area contributed by atoms with Crippen LogP contribution < -0.4 is 5.90 Å². The highest BCUT2D eigenvalue weighted by Gasteiger charge is 2.54. The molecule has 0 aliphatic heterocycles. The minimum absolute atomic E-state index is 0.456. The molecule has 5 nitrogen and oxygen atoms in total. The molecule has 0 saturated heterocycles. The van der Waals surface area contributed by atoms with Crippen LogP contribution >= 0.6 is 0 Å². The number of carbonyl (C=O) groups excluding carboxylic acids is 2. The molecule has 5 heteroatoms. The van der Waals surface area contributed by atoms with Crippen LogP contribution in [0.25, 0.3) is 0 Å². The summed E-state index contributed by atoms with van der Waals surface area (Å²) in [5, 5.41) is 0. The highest BCUT2D eigenvalue weighted by atomic mass is 16.7. The van der Waals surface area contributed by atoms with E-state index in [0.717, 1.165) is 6.42 Å². The van der Waals surface area contributed by atoms with E-state index in [1.54, 1.807) is 20.8 Å². The van der Waals surface area contributed by atoms with Crippen LogP contribution in [0.2, 0.25) is 0 Å². The molecule has 0 aromatic carbocycles. The Kier molecular flexibility index (Phi) is 3.04. The molecule has 0 amide bonds. The summed E-state index contributed by atoms with van der Waals surface area (Å²) in [6.45, 7) is 5.27. The summed E-state index contributed by atoms with van der Waals surface area (Å²) in [6.07, 6.45) is 1.73. The molecule has 1 saturated carbocycles. The Labute approximate surface area is 88.9 Å². The van der Waals surface area contributed by atoms with Crippen molar-refractivity contribution in [3.8, 4) is 0 Å². The normalized spacial score (nSPS) is 18.9. The van der Waals surface area contributed by atoms with E-state index in [0.29, 0.717) is 12.8 Å². The van der Waals surface area contributed by atoms with Gasteiger partial charge in [-0.15, -0.1) is 0 Å². The second kappa shape index (κ2) is 3.81. The lowest BCUT2D eigenvalue weighted by atomic mass is 9.69. The summed E-state index contributed by atoms with van der Waals surface area (Å²) in [5.41, 5.74) is -1.75. The van der Waals surface area contributed by atoms with Gasteiger partial charge in [-0.1, -0.05) is 0 Å². The molecule has 0 bridgehead atoms. The zero-order valence-corrected chi connectivity index (χ0v) is 9.33. The molecule has 1 aliphatic carbocycles. The van der Waals surface area contributed by atoms with Crippen molar-refractivity contribution in [3.05, 3.63) is 0 Å². The molecular formula is C10H17NO4. The highest BCUT2D eigenvalue weighted by Crippen LogP contribution is 2.43. The molecule has 0 spiro atoms. The van der Waals surface area contributed by atoms with Gasteiger partial charge in [0.1, 0.15) is 5.60 Å². The lowest BCUT2D eigenvalue weighted by Gasteiger charge is -2.37. The van der Waals surface area contributed by atoms with E-state index in [1.165, 1.54) is 0 Å². The number of hydrogen-bond donors (Lipinski definition) is 1. The fourth-order valence-electron chi connectivity index (χ4n) is 1.51. The number of carbonyl (C=O) groups is 2. The van der Waals surface area contributed by atoms with E-state index >= 15 is 0 Å². The molecule has 0 radical (unpaired) electrons. The lowest BCUT2D eigenvalue weighted by molar-refractivity contribution is -0.187. The fourth-order valence-corrected chi connectivity index (χ4v) is 1.51. The summed E-state index contributed by atoms with van der Waals surface area (Å²) in [5.74, 6) is 3.59. The first-order valence-corrected chi connectivity index (χ1v) is 4.96. The average molecular weight is 215 g/mol. The fraction of sp³-hybridized carbons (Fsp3) is 0.800. The molecule has 0 aromatic heterocycles. The van der Waals surface area contributed by atoms with E-state index in [2.05, 4.69) is 4.84 Å². The van der Waals surface area contributed by atoms with Crippen LogP contribution in [0.15, 0.2) is 0 Å². The minimum atomic E-state index is -1.15. The second-order valence-electron chi connectivity index (χ2n) is 4.84.